The number of likely N-dealkylation sites (N-methyl/N-ethyl adjacent to an activating group) is 1. The van der Waals surface area contributed by atoms with Gasteiger partial charge in [-0.05, 0) is 51.3 Å². The molecule has 0 aliphatic heterocycles. The molecule has 7 nitrogen and oxygen atoms in total. The highest BCUT2D eigenvalue weighted by Crippen LogP contribution is 2.16. The van der Waals surface area contributed by atoms with Crippen molar-refractivity contribution in [3.8, 4) is 0 Å². The highest BCUT2D eigenvalue weighted by molar-refractivity contribution is 7.89. The quantitative estimate of drug-likeness (QED) is 0.544. The van der Waals surface area contributed by atoms with Gasteiger partial charge in [0.05, 0.1) is 11.4 Å². The maximum atomic E-state index is 13.2. The molecule has 0 saturated heterocycles. The third kappa shape index (κ3) is 7.40. The van der Waals surface area contributed by atoms with E-state index in [0.717, 1.165) is 21.9 Å². The van der Waals surface area contributed by atoms with Gasteiger partial charge in [-0.25, -0.2) is 8.42 Å². The molecule has 2 atom stereocenters. The van der Waals surface area contributed by atoms with Crippen LogP contribution in [-0.4, -0.2) is 61.7 Å². The Morgan fingerprint density at radius 3 is 2.18 bits per heavy atom. The minimum absolute atomic E-state index is 0.0179. The van der Waals surface area contributed by atoms with E-state index in [1.54, 1.807) is 19.1 Å². The smallest absolute Gasteiger partial charge is 0.243 e. The summed E-state index contributed by atoms with van der Waals surface area (Å²) >= 11 is 0. The monoisotopic (exact) mass is 473 g/mol. The molecule has 0 saturated carbocycles. The van der Waals surface area contributed by atoms with E-state index in [2.05, 4.69) is 5.32 Å². The molecule has 1 N–H and O–H groups in total. The van der Waals surface area contributed by atoms with Crippen molar-refractivity contribution in [3.63, 3.8) is 0 Å². The minimum atomic E-state index is -3.84. The number of carbonyl (C=O) groups excluding carboxylic acids is 2. The molecule has 0 radical (unpaired) electrons. The van der Waals surface area contributed by atoms with Crippen molar-refractivity contribution >= 4 is 21.8 Å². The van der Waals surface area contributed by atoms with Gasteiger partial charge in [-0.1, -0.05) is 55.0 Å². The number of rotatable bonds is 11. The largest absolute Gasteiger partial charge is 0.352 e. The first-order chi connectivity index (χ1) is 15.6. The molecule has 0 unspecified atom stereocenters. The summed E-state index contributed by atoms with van der Waals surface area (Å²) < 4.78 is 26.9. The van der Waals surface area contributed by atoms with Crippen LogP contribution in [0.3, 0.4) is 0 Å². The van der Waals surface area contributed by atoms with Crippen LogP contribution < -0.4 is 5.32 Å². The van der Waals surface area contributed by atoms with Crippen LogP contribution in [-0.2, 0) is 26.0 Å². The predicted molar refractivity (Wildman–Crippen MR) is 130 cm³/mol. The Bertz CT molecular complexity index is 1020. The fraction of sp³-hybridized carbons (Fsp3) is 0.440. The molecule has 2 aromatic rings. The molecule has 33 heavy (non-hydrogen) atoms. The summed E-state index contributed by atoms with van der Waals surface area (Å²) in [5.74, 6) is -0.675. The number of benzene rings is 2. The normalized spacial score (nSPS) is 13.4. The number of sulfonamides is 1. The third-order valence-electron chi connectivity index (χ3n) is 5.74. The van der Waals surface area contributed by atoms with Crippen molar-refractivity contribution in [2.24, 2.45) is 0 Å². The maximum Gasteiger partial charge on any atom is 0.243 e. The van der Waals surface area contributed by atoms with E-state index in [1.807, 2.05) is 51.1 Å². The van der Waals surface area contributed by atoms with Gasteiger partial charge in [0.2, 0.25) is 21.8 Å². The molecule has 0 aliphatic rings. The lowest BCUT2D eigenvalue weighted by Gasteiger charge is -2.31. The Morgan fingerprint density at radius 1 is 1.00 bits per heavy atom. The summed E-state index contributed by atoms with van der Waals surface area (Å²) in [6.07, 6.45) is 1.33. The minimum Gasteiger partial charge on any atom is -0.352 e. The second-order valence-electron chi connectivity index (χ2n) is 8.39. The van der Waals surface area contributed by atoms with Gasteiger partial charge in [-0.15, -0.1) is 0 Å². The highest BCUT2D eigenvalue weighted by atomic mass is 32.2. The van der Waals surface area contributed by atoms with Gasteiger partial charge in [0.25, 0.3) is 0 Å². The number of hydrogen-bond donors (Lipinski definition) is 1. The van der Waals surface area contributed by atoms with Crippen LogP contribution in [0.5, 0.6) is 0 Å². The fourth-order valence-electron chi connectivity index (χ4n) is 3.29. The Hall–Kier alpha value is -2.71. The van der Waals surface area contributed by atoms with Crippen molar-refractivity contribution in [2.75, 3.05) is 20.1 Å². The molecule has 2 rings (SSSR count). The Morgan fingerprint density at radius 2 is 1.61 bits per heavy atom. The van der Waals surface area contributed by atoms with Crippen LogP contribution in [0.4, 0.5) is 0 Å². The molecule has 0 heterocycles. The van der Waals surface area contributed by atoms with Crippen LogP contribution in [0.25, 0.3) is 0 Å². The number of nitrogens with one attached hydrogen (secondary N) is 1. The zero-order chi connectivity index (χ0) is 24.6. The first kappa shape index (κ1) is 26.5. The zero-order valence-corrected chi connectivity index (χ0v) is 20.9. The van der Waals surface area contributed by atoms with Crippen molar-refractivity contribution in [3.05, 3.63) is 65.7 Å². The van der Waals surface area contributed by atoms with Crippen LogP contribution in [0, 0.1) is 6.92 Å². The summed E-state index contributed by atoms with van der Waals surface area (Å²) in [5, 5.41) is 2.91. The lowest BCUT2D eigenvalue weighted by Crippen LogP contribution is -2.52. The average Bonchev–Trinajstić information content (AvgIpc) is 2.79. The van der Waals surface area contributed by atoms with Gasteiger partial charge in [-0.2, -0.15) is 4.31 Å². The van der Waals surface area contributed by atoms with E-state index in [0.29, 0.717) is 13.0 Å². The lowest BCUT2D eigenvalue weighted by molar-refractivity contribution is -0.140. The van der Waals surface area contributed by atoms with E-state index >= 15 is 0 Å². The van der Waals surface area contributed by atoms with Crippen molar-refractivity contribution < 1.29 is 18.0 Å². The van der Waals surface area contributed by atoms with Gasteiger partial charge < -0.3 is 10.2 Å². The summed E-state index contributed by atoms with van der Waals surface area (Å²) in [7, 11) is -2.45. The van der Waals surface area contributed by atoms with E-state index in [9.17, 15) is 18.0 Å². The highest BCUT2D eigenvalue weighted by Gasteiger charge is 2.30. The Balaban J connectivity index is 2.20. The maximum absolute atomic E-state index is 13.2. The van der Waals surface area contributed by atoms with Gasteiger partial charge in [0.15, 0.2) is 0 Å². The van der Waals surface area contributed by atoms with Crippen molar-refractivity contribution in [1.29, 1.82) is 0 Å². The summed E-state index contributed by atoms with van der Waals surface area (Å²) in [5.41, 5.74) is 1.98. The zero-order valence-electron chi connectivity index (χ0n) is 20.1. The number of aryl methyl sites for hydroxylation is 1. The van der Waals surface area contributed by atoms with Crippen molar-refractivity contribution in [2.45, 2.75) is 57.5 Å². The first-order valence-corrected chi connectivity index (χ1v) is 12.7. The molecule has 0 bridgehead atoms. The van der Waals surface area contributed by atoms with Crippen LogP contribution in [0.15, 0.2) is 59.5 Å². The van der Waals surface area contributed by atoms with E-state index in [4.69, 9.17) is 0 Å². The Kier molecular flexibility index (Phi) is 9.61. The van der Waals surface area contributed by atoms with Crippen LogP contribution in [0.2, 0.25) is 0 Å². The number of nitrogens with zero attached hydrogens (tertiary/aromatic N) is 2. The van der Waals surface area contributed by atoms with Gasteiger partial charge >= 0.3 is 0 Å². The van der Waals surface area contributed by atoms with Gasteiger partial charge in [-0.3, -0.25) is 9.59 Å². The first-order valence-electron chi connectivity index (χ1n) is 11.2. The Labute approximate surface area is 197 Å². The molecular formula is C25H35N3O4S. The summed E-state index contributed by atoms with van der Waals surface area (Å²) in [6, 6.07) is 15.4. The molecule has 0 fully saturated rings. The fourth-order valence-corrected chi connectivity index (χ4v) is 4.41. The summed E-state index contributed by atoms with van der Waals surface area (Å²) in [4.78, 5) is 27.6. The number of carbonyl (C=O) groups is 2. The van der Waals surface area contributed by atoms with Crippen LogP contribution >= 0.6 is 0 Å². The standard InChI is InChI=1S/C25H35N3O4S/c1-6-20(3)26-25(30)21(4)28(17-16-22-10-8-7-9-11-22)24(29)18-27(5)33(31,32)23-14-12-19(2)13-15-23/h7-15,20-21H,6,16-18H2,1-5H3,(H,26,30)/t20-,21+/m0/s1. The number of amides is 2. The molecule has 0 spiro atoms. The third-order valence-corrected chi connectivity index (χ3v) is 7.56. The topological polar surface area (TPSA) is 86.8 Å². The van der Waals surface area contributed by atoms with E-state index in [-0.39, 0.29) is 23.4 Å². The SMILES string of the molecule is CC[C@H](C)NC(=O)[C@@H](C)N(CCc1ccccc1)C(=O)CN(C)S(=O)(=O)c1ccc(C)cc1. The molecule has 180 valence electrons. The second-order valence-corrected chi connectivity index (χ2v) is 10.4. The molecule has 8 heteroatoms. The number of hydrogen-bond acceptors (Lipinski definition) is 4. The summed E-state index contributed by atoms with van der Waals surface area (Å²) in [6.45, 7) is 7.37. The second kappa shape index (κ2) is 12.0. The van der Waals surface area contributed by atoms with Gasteiger partial charge in [0, 0.05) is 19.6 Å². The molecule has 0 aliphatic carbocycles. The molecule has 2 aromatic carbocycles. The lowest BCUT2D eigenvalue weighted by atomic mass is 10.1. The molecule has 2 amide bonds. The van der Waals surface area contributed by atoms with Crippen molar-refractivity contribution in [1.82, 2.24) is 14.5 Å². The average molecular weight is 474 g/mol. The predicted octanol–water partition coefficient (Wildman–Crippen LogP) is 2.99. The van der Waals surface area contributed by atoms with Crippen LogP contribution in [0.1, 0.15) is 38.3 Å². The molecule has 0 aromatic heterocycles. The van der Waals surface area contributed by atoms with Gasteiger partial charge in [0.1, 0.15) is 6.04 Å². The molecular weight excluding hydrogens is 438 g/mol. The van der Waals surface area contributed by atoms with E-state index < -0.39 is 22.0 Å². The van der Waals surface area contributed by atoms with E-state index in [1.165, 1.54) is 24.1 Å².